The van der Waals surface area contributed by atoms with Crippen molar-refractivity contribution in [1.82, 2.24) is 15.0 Å². The Morgan fingerprint density at radius 2 is 1.72 bits per heavy atom. The number of para-hydroxylation sites is 1. The molecule has 0 unspecified atom stereocenters. The first kappa shape index (κ1) is 20.3. The standard InChI is InChI=1S/C22H29N3O3S/c26-22(25-19-7-1-2-8-19)18-12-10-16(11-13-18)15-24-29(27,28)20-9-3-5-17-6-4-14-23-21(17)20/h3-6,9,14,16,18-19,24H,1-2,7-8,10-13,15H2,(H,25,26). The lowest BCUT2D eigenvalue weighted by molar-refractivity contribution is -0.126. The van der Waals surface area contributed by atoms with Gasteiger partial charge in [-0.2, -0.15) is 0 Å². The van der Waals surface area contributed by atoms with E-state index >= 15 is 0 Å². The Kier molecular flexibility index (Phi) is 6.15. The molecule has 1 aromatic carbocycles. The molecular formula is C22H29N3O3S. The number of carbonyl (C=O) groups is 1. The number of sulfonamides is 1. The third kappa shape index (κ3) is 4.78. The summed E-state index contributed by atoms with van der Waals surface area (Å²) in [5.41, 5.74) is 0.495. The molecule has 0 bridgehead atoms. The molecule has 0 atom stereocenters. The van der Waals surface area contributed by atoms with Gasteiger partial charge >= 0.3 is 0 Å². The summed E-state index contributed by atoms with van der Waals surface area (Å²) < 4.78 is 28.5. The first-order valence-corrected chi connectivity index (χ1v) is 12.1. The van der Waals surface area contributed by atoms with Crippen LogP contribution in [0.15, 0.2) is 41.4 Å². The summed E-state index contributed by atoms with van der Waals surface area (Å²) in [4.78, 5) is 16.9. The van der Waals surface area contributed by atoms with Crippen LogP contribution in [0.3, 0.4) is 0 Å². The van der Waals surface area contributed by atoms with Crippen molar-refractivity contribution in [2.45, 2.75) is 62.3 Å². The van der Waals surface area contributed by atoms with Gasteiger partial charge in [0, 0.05) is 30.1 Å². The lowest BCUT2D eigenvalue weighted by atomic mass is 9.81. The molecule has 2 fully saturated rings. The van der Waals surface area contributed by atoms with Gasteiger partial charge in [-0.05, 0) is 56.6 Å². The van der Waals surface area contributed by atoms with Crippen LogP contribution >= 0.6 is 0 Å². The molecule has 4 rings (SSSR count). The van der Waals surface area contributed by atoms with Gasteiger partial charge in [0.2, 0.25) is 15.9 Å². The SMILES string of the molecule is O=C(NC1CCCC1)C1CCC(CNS(=O)(=O)c2cccc3cccnc23)CC1. The fourth-order valence-corrected chi connectivity index (χ4v) is 5.91. The lowest BCUT2D eigenvalue weighted by Crippen LogP contribution is -2.39. The second-order valence-electron chi connectivity index (χ2n) is 8.39. The fourth-order valence-electron chi connectivity index (χ4n) is 4.62. The van der Waals surface area contributed by atoms with Gasteiger partial charge in [0.1, 0.15) is 4.90 Å². The molecule has 0 aliphatic heterocycles. The fraction of sp³-hybridized carbons (Fsp3) is 0.545. The number of hydrogen-bond donors (Lipinski definition) is 2. The van der Waals surface area contributed by atoms with Crippen LogP contribution in [0.25, 0.3) is 10.9 Å². The summed E-state index contributed by atoms with van der Waals surface area (Å²) in [6.45, 7) is 0.405. The molecule has 2 aliphatic carbocycles. The van der Waals surface area contributed by atoms with Crippen LogP contribution in [-0.2, 0) is 14.8 Å². The predicted octanol–water partition coefficient (Wildman–Crippen LogP) is 3.38. The van der Waals surface area contributed by atoms with Gasteiger partial charge in [-0.25, -0.2) is 13.1 Å². The van der Waals surface area contributed by atoms with E-state index in [4.69, 9.17) is 0 Å². The number of carbonyl (C=O) groups excluding carboxylic acids is 1. The van der Waals surface area contributed by atoms with E-state index in [0.29, 0.717) is 18.1 Å². The second-order valence-corrected chi connectivity index (χ2v) is 10.1. The van der Waals surface area contributed by atoms with Crippen LogP contribution in [0.4, 0.5) is 0 Å². The highest BCUT2D eigenvalue weighted by atomic mass is 32.2. The van der Waals surface area contributed by atoms with Gasteiger partial charge in [0.25, 0.3) is 0 Å². The van der Waals surface area contributed by atoms with E-state index in [2.05, 4.69) is 15.0 Å². The number of nitrogens with zero attached hydrogens (tertiary/aromatic N) is 1. The Labute approximate surface area is 172 Å². The summed E-state index contributed by atoms with van der Waals surface area (Å²) >= 11 is 0. The van der Waals surface area contributed by atoms with E-state index in [1.165, 1.54) is 12.8 Å². The maximum absolute atomic E-state index is 12.8. The largest absolute Gasteiger partial charge is 0.353 e. The number of nitrogens with one attached hydrogen (secondary N) is 2. The average Bonchev–Trinajstić information content (AvgIpc) is 3.25. The van der Waals surface area contributed by atoms with Gasteiger partial charge in [-0.3, -0.25) is 9.78 Å². The zero-order valence-corrected chi connectivity index (χ0v) is 17.5. The van der Waals surface area contributed by atoms with Crippen molar-refractivity contribution in [3.8, 4) is 0 Å². The zero-order chi connectivity index (χ0) is 20.3. The van der Waals surface area contributed by atoms with Crippen molar-refractivity contribution in [1.29, 1.82) is 0 Å². The summed E-state index contributed by atoms with van der Waals surface area (Å²) in [5.74, 6) is 0.534. The average molecular weight is 416 g/mol. The van der Waals surface area contributed by atoms with Crippen LogP contribution in [0.5, 0.6) is 0 Å². The molecule has 6 nitrogen and oxygen atoms in total. The van der Waals surface area contributed by atoms with Gasteiger partial charge in [-0.1, -0.05) is 31.0 Å². The molecule has 0 saturated heterocycles. The zero-order valence-electron chi connectivity index (χ0n) is 16.6. The third-order valence-corrected chi connectivity index (χ3v) is 7.82. The number of amides is 1. The van der Waals surface area contributed by atoms with E-state index < -0.39 is 10.0 Å². The first-order valence-electron chi connectivity index (χ1n) is 10.7. The Bertz CT molecular complexity index is 957. The molecule has 2 N–H and O–H groups in total. The number of pyridine rings is 1. The maximum atomic E-state index is 12.8. The van der Waals surface area contributed by atoms with Crippen molar-refractivity contribution in [2.24, 2.45) is 11.8 Å². The van der Waals surface area contributed by atoms with E-state index in [1.807, 2.05) is 12.1 Å². The van der Waals surface area contributed by atoms with E-state index in [-0.39, 0.29) is 22.6 Å². The van der Waals surface area contributed by atoms with Crippen LogP contribution in [0.2, 0.25) is 0 Å². The summed E-state index contributed by atoms with van der Waals surface area (Å²) in [7, 11) is -3.62. The van der Waals surface area contributed by atoms with Crippen LogP contribution < -0.4 is 10.0 Å². The highest BCUT2D eigenvalue weighted by Crippen LogP contribution is 2.30. The molecule has 1 heterocycles. The molecule has 2 saturated carbocycles. The van der Waals surface area contributed by atoms with Crippen LogP contribution in [0, 0.1) is 11.8 Å². The predicted molar refractivity (Wildman–Crippen MR) is 113 cm³/mol. The van der Waals surface area contributed by atoms with Crippen molar-refractivity contribution < 1.29 is 13.2 Å². The van der Waals surface area contributed by atoms with Crippen molar-refractivity contribution in [3.63, 3.8) is 0 Å². The normalized spacial score (nSPS) is 23.3. The van der Waals surface area contributed by atoms with Gasteiger partial charge in [0.05, 0.1) is 5.52 Å². The maximum Gasteiger partial charge on any atom is 0.242 e. The van der Waals surface area contributed by atoms with Gasteiger partial charge in [-0.15, -0.1) is 0 Å². The minimum absolute atomic E-state index is 0.0747. The minimum Gasteiger partial charge on any atom is -0.353 e. The quantitative estimate of drug-likeness (QED) is 0.757. The number of rotatable bonds is 6. The monoisotopic (exact) mass is 415 g/mol. The van der Waals surface area contributed by atoms with Crippen LogP contribution in [0.1, 0.15) is 51.4 Å². The summed E-state index contributed by atoms with van der Waals surface area (Å²) in [6, 6.07) is 9.22. The van der Waals surface area contributed by atoms with Crippen molar-refractivity contribution in [2.75, 3.05) is 6.54 Å². The molecule has 1 amide bonds. The Morgan fingerprint density at radius 1 is 1.00 bits per heavy atom. The molecule has 0 radical (unpaired) electrons. The number of fused-ring (bicyclic) bond motifs is 1. The molecule has 2 aromatic rings. The smallest absolute Gasteiger partial charge is 0.242 e. The highest BCUT2D eigenvalue weighted by molar-refractivity contribution is 7.89. The number of hydrogen-bond acceptors (Lipinski definition) is 4. The summed E-state index contributed by atoms with van der Waals surface area (Å²) in [5, 5.41) is 4.01. The molecule has 1 aromatic heterocycles. The van der Waals surface area contributed by atoms with Gasteiger partial charge in [0.15, 0.2) is 0 Å². The lowest BCUT2D eigenvalue weighted by Gasteiger charge is -2.28. The van der Waals surface area contributed by atoms with Crippen molar-refractivity contribution >= 4 is 26.8 Å². The molecule has 0 spiro atoms. The number of aromatic nitrogens is 1. The molecule has 7 heteroatoms. The molecule has 2 aliphatic rings. The van der Waals surface area contributed by atoms with E-state index in [0.717, 1.165) is 43.9 Å². The Balaban J connectivity index is 1.31. The van der Waals surface area contributed by atoms with Crippen LogP contribution in [-0.4, -0.2) is 31.9 Å². The van der Waals surface area contributed by atoms with Gasteiger partial charge < -0.3 is 5.32 Å². The Hall–Kier alpha value is -1.99. The highest BCUT2D eigenvalue weighted by Gasteiger charge is 2.29. The topological polar surface area (TPSA) is 88.2 Å². The third-order valence-electron chi connectivity index (χ3n) is 6.37. The Morgan fingerprint density at radius 3 is 2.48 bits per heavy atom. The number of benzene rings is 1. The van der Waals surface area contributed by atoms with E-state index in [1.54, 1.807) is 24.4 Å². The molecule has 156 valence electrons. The first-order chi connectivity index (χ1) is 14.0. The second kappa shape index (κ2) is 8.79. The summed E-state index contributed by atoms with van der Waals surface area (Å²) in [6.07, 6.45) is 9.66. The molecule has 29 heavy (non-hydrogen) atoms. The van der Waals surface area contributed by atoms with Crippen molar-refractivity contribution in [3.05, 3.63) is 36.5 Å². The minimum atomic E-state index is -3.62. The van der Waals surface area contributed by atoms with E-state index in [9.17, 15) is 13.2 Å². The molecular weight excluding hydrogens is 386 g/mol.